The first-order valence-electron chi connectivity index (χ1n) is 6.58. The minimum atomic E-state index is -1.08. The van der Waals surface area contributed by atoms with Gasteiger partial charge in [-0.25, -0.2) is 4.79 Å². The molecule has 0 saturated heterocycles. The summed E-state index contributed by atoms with van der Waals surface area (Å²) in [6.07, 6.45) is 1.74. The van der Waals surface area contributed by atoms with Gasteiger partial charge in [-0.1, -0.05) is 42.5 Å². The molecular formula is C17H15NO4. The number of hydrogen-bond donors (Lipinski definition) is 2. The number of nitrogens with two attached hydrogens (primary N) is 1. The van der Waals surface area contributed by atoms with Crippen molar-refractivity contribution in [3.8, 4) is 5.75 Å². The minimum Gasteiger partial charge on any atom is -0.478 e. The van der Waals surface area contributed by atoms with Crippen LogP contribution in [0.15, 0.2) is 60.7 Å². The van der Waals surface area contributed by atoms with E-state index >= 15 is 0 Å². The molecule has 2 rings (SSSR count). The van der Waals surface area contributed by atoms with Crippen LogP contribution in [0.5, 0.6) is 5.75 Å². The molecule has 5 heteroatoms. The Morgan fingerprint density at radius 1 is 1.05 bits per heavy atom. The van der Waals surface area contributed by atoms with Crippen LogP contribution in [0.25, 0.3) is 6.08 Å². The van der Waals surface area contributed by atoms with Gasteiger partial charge in [-0.3, -0.25) is 4.79 Å². The van der Waals surface area contributed by atoms with Gasteiger partial charge >= 0.3 is 5.97 Å². The SMILES string of the molecule is NC(=O)/C=C\c1ccc(OC(C(=O)O)c2ccccc2)cc1. The highest BCUT2D eigenvalue weighted by Gasteiger charge is 2.21. The summed E-state index contributed by atoms with van der Waals surface area (Å²) in [5, 5.41) is 9.30. The normalized spacial score (nSPS) is 12.0. The third-order valence-corrected chi connectivity index (χ3v) is 2.90. The first-order chi connectivity index (χ1) is 10.6. The molecular weight excluding hydrogens is 282 g/mol. The molecule has 0 radical (unpaired) electrons. The van der Waals surface area contributed by atoms with Crippen LogP contribution in [0.3, 0.4) is 0 Å². The third kappa shape index (κ3) is 4.21. The monoisotopic (exact) mass is 297 g/mol. The molecule has 0 aromatic heterocycles. The fourth-order valence-electron chi connectivity index (χ4n) is 1.86. The lowest BCUT2D eigenvalue weighted by molar-refractivity contribution is -0.145. The fraction of sp³-hybridized carbons (Fsp3) is 0.0588. The number of benzene rings is 2. The number of carbonyl (C=O) groups is 2. The summed E-state index contributed by atoms with van der Waals surface area (Å²) in [6, 6.07) is 15.4. The van der Waals surface area contributed by atoms with Crippen LogP contribution in [-0.4, -0.2) is 17.0 Å². The average molecular weight is 297 g/mol. The Kier molecular flexibility index (Phi) is 4.93. The number of hydrogen-bond acceptors (Lipinski definition) is 3. The van der Waals surface area contributed by atoms with Gasteiger partial charge in [0.05, 0.1) is 0 Å². The maximum atomic E-state index is 11.4. The Morgan fingerprint density at radius 2 is 1.68 bits per heavy atom. The average Bonchev–Trinajstić information content (AvgIpc) is 2.52. The molecule has 22 heavy (non-hydrogen) atoms. The molecule has 2 aromatic carbocycles. The number of rotatable bonds is 6. The Bertz CT molecular complexity index is 678. The molecule has 0 saturated carbocycles. The number of ether oxygens (including phenoxy) is 1. The van der Waals surface area contributed by atoms with E-state index in [0.717, 1.165) is 5.56 Å². The van der Waals surface area contributed by atoms with Gasteiger partial charge in [-0.05, 0) is 23.8 Å². The predicted octanol–water partition coefficient (Wildman–Crippen LogP) is 2.39. The zero-order chi connectivity index (χ0) is 15.9. The number of carboxylic acids is 1. The summed E-state index contributed by atoms with van der Waals surface area (Å²) in [7, 11) is 0. The van der Waals surface area contributed by atoms with Crippen molar-refractivity contribution in [2.75, 3.05) is 0 Å². The highest BCUT2D eigenvalue weighted by molar-refractivity contribution is 5.90. The molecule has 0 spiro atoms. The summed E-state index contributed by atoms with van der Waals surface area (Å²) >= 11 is 0. The van der Waals surface area contributed by atoms with Crippen molar-refractivity contribution >= 4 is 18.0 Å². The first-order valence-corrected chi connectivity index (χ1v) is 6.58. The van der Waals surface area contributed by atoms with Gasteiger partial charge < -0.3 is 15.6 Å². The van der Waals surface area contributed by atoms with Crippen molar-refractivity contribution < 1.29 is 19.4 Å². The lowest BCUT2D eigenvalue weighted by atomic mass is 10.1. The van der Waals surface area contributed by atoms with Gasteiger partial charge in [-0.15, -0.1) is 0 Å². The van der Waals surface area contributed by atoms with Crippen molar-refractivity contribution in [3.05, 3.63) is 71.8 Å². The van der Waals surface area contributed by atoms with Crippen molar-refractivity contribution in [2.24, 2.45) is 5.73 Å². The molecule has 1 atom stereocenters. The maximum Gasteiger partial charge on any atom is 0.349 e. The highest BCUT2D eigenvalue weighted by Crippen LogP contribution is 2.23. The van der Waals surface area contributed by atoms with Gasteiger partial charge in [0.1, 0.15) is 5.75 Å². The highest BCUT2D eigenvalue weighted by atomic mass is 16.5. The number of carboxylic acid groups (broad SMARTS) is 1. The Labute approximate surface area is 127 Å². The van der Waals surface area contributed by atoms with E-state index in [-0.39, 0.29) is 0 Å². The molecule has 0 bridgehead atoms. The van der Waals surface area contributed by atoms with Gasteiger partial charge in [0.25, 0.3) is 0 Å². The molecule has 3 N–H and O–H groups in total. The summed E-state index contributed by atoms with van der Waals surface area (Å²) in [6.45, 7) is 0. The molecule has 1 unspecified atom stereocenters. The van der Waals surface area contributed by atoms with Crippen molar-refractivity contribution in [2.45, 2.75) is 6.10 Å². The maximum absolute atomic E-state index is 11.4. The number of amides is 1. The molecule has 112 valence electrons. The van der Waals surface area contributed by atoms with Gasteiger partial charge in [0.15, 0.2) is 0 Å². The first kappa shape index (κ1) is 15.3. The fourth-order valence-corrected chi connectivity index (χ4v) is 1.86. The van der Waals surface area contributed by atoms with Crippen LogP contribution in [0.1, 0.15) is 17.2 Å². The van der Waals surface area contributed by atoms with Gasteiger partial charge in [0.2, 0.25) is 12.0 Å². The standard InChI is InChI=1S/C17H15NO4/c18-15(19)11-8-12-6-9-14(10-7-12)22-16(17(20)21)13-4-2-1-3-5-13/h1-11,16H,(H2,18,19)(H,20,21)/b11-8-. The minimum absolute atomic E-state index is 0.424. The second-order valence-electron chi connectivity index (χ2n) is 4.55. The molecule has 2 aromatic rings. The van der Waals surface area contributed by atoms with Crippen LogP contribution in [0.4, 0.5) is 0 Å². The molecule has 0 heterocycles. The summed E-state index contributed by atoms with van der Waals surface area (Å²) < 4.78 is 5.53. The van der Waals surface area contributed by atoms with Crippen molar-refractivity contribution in [1.29, 1.82) is 0 Å². The van der Waals surface area contributed by atoms with Gasteiger partial charge in [0, 0.05) is 11.6 Å². The van der Waals surface area contributed by atoms with Crippen LogP contribution in [-0.2, 0) is 9.59 Å². The lowest BCUT2D eigenvalue weighted by Crippen LogP contribution is -2.18. The van der Waals surface area contributed by atoms with Crippen LogP contribution < -0.4 is 10.5 Å². The van der Waals surface area contributed by atoms with E-state index in [9.17, 15) is 14.7 Å². The Morgan fingerprint density at radius 3 is 2.23 bits per heavy atom. The van der Waals surface area contributed by atoms with E-state index in [2.05, 4.69) is 0 Å². The third-order valence-electron chi connectivity index (χ3n) is 2.90. The van der Waals surface area contributed by atoms with Crippen LogP contribution >= 0.6 is 0 Å². The van der Waals surface area contributed by atoms with Crippen molar-refractivity contribution in [1.82, 2.24) is 0 Å². The topological polar surface area (TPSA) is 89.6 Å². The van der Waals surface area contributed by atoms with E-state index in [1.165, 1.54) is 6.08 Å². The molecule has 5 nitrogen and oxygen atoms in total. The predicted molar refractivity (Wildman–Crippen MR) is 82.1 cm³/mol. The molecule has 0 aliphatic heterocycles. The zero-order valence-electron chi connectivity index (χ0n) is 11.7. The number of carbonyl (C=O) groups excluding carboxylic acids is 1. The summed E-state index contributed by atoms with van der Waals surface area (Å²) in [4.78, 5) is 22.0. The molecule has 0 fully saturated rings. The second kappa shape index (κ2) is 7.08. The lowest BCUT2D eigenvalue weighted by Gasteiger charge is -2.15. The largest absolute Gasteiger partial charge is 0.478 e. The van der Waals surface area contributed by atoms with Crippen LogP contribution in [0, 0.1) is 0 Å². The number of aliphatic carboxylic acids is 1. The Hall–Kier alpha value is -3.08. The Balaban J connectivity index is 2.14. The second-order valence-corrected chi connectivity index (χ2v) is 4.55. The zero-order valence-corrected chi connectivity index (χ0v) is 11.7. The molecule has 0 aliphatic rings. The van der Waals surface area contributed by atoms with E-state index in [4.69, 9.17) is 10.5 Å². The van der Waals surface area contributed by atoms with E-state index in [1.54, 1.807) is 54.6 Å². The van der Waals surface area contributed by atoms with Crippen LogP contribution in [0.2, 0.25) is 0 Å². The summed E-state index contributed by atoms with van der Waals surface area (Å²) in [5.41, 5.74) is 6.34. The van der Waals surface area contributed by atoms with Gasteiger partial charge in [-0.2, -0.15) is 0 Å². The summed E-state index contributed by atoms with van der Waals surface area (Å²) in [5.74, 6) is -1.17. The molecule has 0 aliphatic carbocycles. The smallest absolute Gasteiger partial charge is 0.349 e. The molecule has 1 amide bonds. The van der Waals surface area contributed by atoms with E-state index in [0.29, 0.717) is 11.3 Å². The quantitative estimate of drug-likeness (QED) is 0.801. The van der Waals surface area contributed by atoms with E-state index < -0.39 is 18.0 Å². The van der Waals surface area contributed by atoms with Crippen molar-refractivity contribution in [3.63, 3.8) is 0 Å². The number of primary amides is 1. The van der Waals surface area contributed by atoms with E-state index in [1.807, 2.05) is 6.07 Å².